The summed E-state index contributed by atoms with van der Waals surface area (Å²) in [4.78, 5) is 12.0. The van der Waals surface area contributed by atoms with Crippen molar-refractivity contribution in [3.05, 3.63) is 34.6 Å². The van der Waals surface area contributed by atoms with Crippen molar-refractivity contribution in [2.75, 3.05) is 6.61 Å². The molecule has 0 saturated carbocycles. The van der Waals surface area contributed by atoms with E-state index in [9.17, 15) is 4.79 Å². The Morgan fingerprint density at radius 2 is 2.35 bits per heavy atom. The average molecular weight is 338 g/mol. The van der Waals surface area contributed by atoms with E-state index in [1.807, 2.05) is 19.1 Å². The van der Waals surface area contributed by atoms with Crippen LogP contribution in [0.1, 0.15) is 37.4 Å². The standard InChI is InChI=1S/C17H24ClN3O2/c1-3-4-9-21-17(18)15(12(2)20-21)7-8-16(23)19-14-6-5-13(10-14)11-22/h5-8,13-14,22H,3-4,9-11H2,1-2H3,(H,19,23)/b8-7+/t13-,14+/m0/s1. The Morgan fingerprint density at radius 1 is 1.57 bits per heavy atom. The lowest BCUT2D eigenvalue weighted by atomic mass is 10.1. The van der Waals surface area contributed by atoms with Gasteiger partial charge in [-0.3, -0.25) is 9.48 Å². The fourth-order valence-electron chi connectivity index (χ4n) is 2.62. The largest absolute Gasteiger partial charge is 0.396 e. The molecule has 0 aromatic carbocycles. The first-order chi connectivity index (χ1) is 11.0. The Morgan fingerprint density at radius 3 is 3.00 bits per heavy atom. The third-order valence-electron chi connectivity index (χ3n) is 3.97. The molecule has 0 saturated heterocycles. The Kier molecular flexibility index (Phi) is 6.42. The summed E-state index contributed by atoms with van der Waals surface area (Å²) >= 11 is 6.34. The molecule has 5 nitrogen and oxygen atoms in total. The van der Waals surface area contributed by atoms with E-state index in [0.29, 0.717) is 5.15 Å². The minimum absolute atomic E-state index is 0.0202. The highest BCUT2D eigenvalue weighted by Gasteiger charge is 2.19. The lowest BCUT2D eigenvalue weighted by Gasteiger charge is -2.10. The number of nitrogens with zero attached hydrogens (tertiary/aromatic N) is 2. The predicted molar refractivity (Wildman–Crippen MR) is 92.2 cm³/mol. The van der Waals surface area contributed by atoms with Crippen molar-refractivity contribution in [3.8, 4) is 0 Å². The summed E-state index contributed by atoms with van der Waals surface area (Å²) in [5.41, 5.74) is 1.60. The molecular weight excluding hydrogens is 314 g/mol. The first-order valence-corrected chi connectivity index (χ1v) is 8.43. The molecule has 2 N–H and O–H groups in total. The van der Waals surface area contributed by atoms with E-state index in [0.717, 1.165) is 37.1 Å². The molecule has 1 aliphatic rings. The highest BCUT2D eigenvalue weighted by atomic mass is 35.5. The second-order valence-electron chi connectivity index (χ2n) is 5.88. The van der Waals surface area contributed by atoms with Crippen molar-refractivity contribution < 1.29 is 9.90 Å². The van der Waals surface area contributed by atoms with Crippen molar-refractivity contribution in [1.29, 1.82) is 0 Å². The number of aliphatic hydroxyl groups is 1. The molecule has 126 valence electrons. The van der Waals surface area contributed by atoms with Gasteiger partial charge in [-0.1, -0.05) is 37.1 Å². The molecule has 1 heterocycles. The number of carbonyl (C=O) groups is 1. The Bertz CT molecular complexity index is 607. The van der Waals surface area contributed by atoms with Gasteiger partial charge in [0.1, 0.15) is 5.15 Å². The van der Waals surface area contributed by atoms with Crippen LogP contribution in [0.5, 0.6) is 0 Å². The van der Waals surface area contributed by atoms with Crippen LogP contribution in [0.25, 0.3) is 6.08 Å². The third kappa shape index (κ3) is 4.69. The topological polar surface area (TPSA) is 67.2 Å². The van der Waals surface area contributed by atoms with Crippen LogP contribution in [0.3, 0.4) is 0 Å². The molecule has 23 heavy (non-hydrogen) atoms. The highest BCUT2D eigenvalue weighted by Crippen LogP contribution is 2.22. The van der Waals surface area contributed by atoms with Crippen molar-refractivity contribution in [1.82, 2.24) is 15.1 Å². The van der Waals surface area contributed by atoms with Gasteiger partial charge in [-0.25, -0.2) is 0 Å². The molecule has 0 bridgehead atoms. The molecule has 0 radical (unpaired) electrons. The van der Waals surface area contributed by atoms with E-state index in [2.05, 4.69) is 17.3 Å². The van der Waals surface area contributed by atoms with Gasteiger partial charge in [0, 0.05) is 36.8 Å². The number of carbonyl (C=O) groups excluding carboxylic acids is 1. The van der Waals surface area contributed by atoms with Gasteiger partial charge in [-0.2, -0.15) is 5.10 Å². The highest BCUT2D eigenvalue weighted by molar-refractivity contribution is 6.31. The quantitative estimate of drug-likeness (QED) is 0.594. The molecule has 2 atom stereocenters. The lowest BCUT2D eigenvalue weighted by Crippen LogP contribution is -2.31. The number of aliphatic hydroxyl groups excluding tert-OH is 1. The summed E-state index contributed by atoms with van der Waals surface area (Å²) in [5, 5.41) is 17.0. The first kappa shape index (κ1) is 17.8. The van der Waals surface area contributed by atoms with Crippen LogP contribution in [0.15, 0.2) is 18.2 Å². The second kappa shape index (κ2) is 8.31. The van der Waals surface area contributed by atoms with Gasteiger partial charge in [-0.15, -0.1) is 0 Å². The number of hydrogen-bond donors (Lipinski definition) is 2. The zero-order valence-corrected chi connectivity index (χ0v) is 14.4. The fourth-order valence-corrected chi connectivity index (χ4v) is 2.94. The maximum Gasteiger partial charge on any atom is 0.244 e. The van der Waals surface area contributed by atoms with E-state index in [1.165, 1.54) is 6.08 Å². The zero-order valence-electron chi connectivity index (χ0n) is 13.6. The molecule has 1 amide bonds. The average Bonchev–Trinajstić information content (AvgIpc) is 3.08. The van der Waals surface area contributed by atoms with Gasteiger partial charge < -0.3 is 10.4 Å². The Balaban J connectivity index is 1.96. The van der Waals surface area contributed by atoms with Crippen molar-refractivity contribution in [2.24, 2.45) is 5.92 Å². The van der Waals surface area contributed by atoms with Crippen LogP contribution in [0.2, 0.25) is 5.15 Å². The zero-order chi connectivity index (χ0) is 16.8. The summed E-state index contributed by atoms with van der Waals surface area (Å²) in [6, 6.07) is -0.0202. The second-order valence-corrected chi connectivity index (χ2v) is 6.24. The van der Waals surface area contributed by atoms with Gasteiger partial charge in [0.15, 0.2) is 0 Å². The molecule has 0 aliphatic heterocycles. The number of nitrogens with one attached hydrogen (secondary N) is 1. The van der Waals surface area contributed by atoms with E-state index < -0.39 is 0 Å². The van der Waals surface area contributed by atoms with E-state index in [4.69, 9.17) is 16.7 Å². The van der Waals surface area contributed by atoms with Crippen LogP contribution in [-0.2, 0) is 11.3 Å². The van der Waals surface area contributed by atoms with Crippen LogP contribution < -0.4 is 5.32 Å². The summed E-state index contributed by atoms with van der Waals surface area (Å²) in [6.07, 6.45) is 9.90. The van der Waals surface area contributed by atoms with E-state index in [-0.39, 0.29) is 24.5 Å². The number of hydrogen-bond acceptors (Lipinski definition) is 3. The van der Waals surface area contributed by atoms with Gasteiger partial charge in [0.05, 0.1) is 5.69 Å². The number of amides is 1. The molecule has 1 aromatic heterocycles. The van der Waals surface area contributed by atoms with Gasteiger partial charge in [0.2, 0.25) is 5.91 Å². The van der Waals surface area contributed by atoms with Crippen LogP contribution >= 0.6 is 11.6 Å². The first-order valence-electron chi connectivity index (χ1n) is 8.05. The molecule has 1 aliphatic carbocycles. The summed E-state index contributed by atoms with van der Waals surface area (Å²) in [7, 11) is 0. The van der Waals surface area contributed by atoms with E-state index in [1.54, 1.807) is 10.8 Å². The fraction of sp³-hybridized carbons (Fsp3) is 0.529. The van der Waals surface area contributed by atoms with Crippen molar-refractivity contribution in [2.45, 2.75) is 45.7 Å². The van der Waals surface area contributed by atoms with Gasteiger partial charge in [-0.05, 0) is 25.8 Å². The van der Waals surface area contributed by atoms with Crippen LogP contribution in [0.4, 0.5) is 0 Å². The maximum atomic E-state index is 12.0. The summed E-state index contributed by atoms with van der Waals surface area (Å²) in [5.74, 6) is -0.0345. The molecule has 0 unspecified atom stereocenters. The van der Waals surface area contributed by atoms with Crippen LogP contribution in [0, 0.1) is 12.8 Å². The molecule has 6 heteroatoms. The maximum absolute atomic E-state index is 12.0. The number of aryl methyl sites for hydroxylation is 2. The molecule has 0 spiro atoms. The smallest absolute Gasteiger partial charge is 0.244 e. The number of halogens is 1. The summed E-state index contributed by atoms with van der Waals surface area (Å²) in [6.45, 7) is 4.90. The van der Waals surface area contributed by atoms with Gasteiger partial charge >= 0.3 is 0 Å². The normalized spacial score (nSPS) is 20.5. The number of aromatic nitrogens is 2. The van der Waals surface area contributed by atoms with Crippen molar-refractivity contribution >= 4 is 23.6 Å². The minimum atomic E-state index is -0.171. The predicted octanol–water partition coefficient (Wildman–Crippen LogP) is 2.71. The minimum Gasteiger partial charge on any atom is -0.396 e. The van der Waals surface area contributed by atoms with Gasteiger partial charge in [0.25, 0.3) is 0 Å². The monoisotopic (exact) mass is 337 g/mol. The molecule has 2 rings (SSSR count). The Labute approximate surface area is 142 Å². The number of unbranched alkanes of at least 4 members (excludes halogenated alkanes) is 1. The molecule has 0 fully saturated rings. The Hall–Kier alpha value is -1.59. The molecular formula is C17H24ClN3O2. The molecule has 1 aromatic rings. The number of rotatable bonds is 7. The van der Waals surface area contributed by atoms with Crippen molar-refractivity contribution in [3.63, 3.8) is 0 Å². The van der Waals surface area contributed by atoms with Crippen LogP contribution in [-0.4, -0.2) is 33.4 Å². The summed E-state index contributed by atoms with van der Waals surface area (Å²) < 4.78 is 1.78. The lowest BCUT2D eigenvalue weighted by molar-refractivity contribution is -0.116. The van der Waals surface area contributed by atoms with E-state index >= 15 is 0 Å². The SMILES string of the molecule is CCCCn1nc(C)c(/C=C/C(=O)N[C@@H]2C=C[C@H](CO)C2)c1Cl. The third-order valence-corrected chi connectivity index (χ3v) is 4.37.